The largest absolute Gasteiger partial charge is 0.398 e. The van der Waals surface area contributed by atoms with Crippen molar-refractivity contribution in [1.82, 2.24) is 0 Å². The molecule has 0 saturated carbocycles. The Bertz CT molecular complexity index is 255. The van der Waals surface area contributed by atoms with E-state index in [1.54, 1.807) is 12.2 Å². The van der Waals surface area contributed by atoms with Crippen LogP contribution in [-0.2, 0) is 0 Å². The summed E-state index contributed by atoms with van der Waals surface area (Å²) in [4.78, 5) is 0. The van der Waals surface area contributed by atoms with Gasteiger partial charge in [-0.1, -0.05) is 30.4 Å². The molecule has 0 aliphatic rings. The lowest BCUT2D eigenvalue weighted by molar-refractivity contribution is 0.343. The number of benzene rings is 1. The van der Waals surface area contributed by atoms with Crippen LogP contribution in [0.15, 0.2) is 30.3 Å². The Morgan fingerprint density at radius 1 is 1.36 bits per heavy atom. The maximum atomic E-state index is 8.49. The summed E-state index contributed by atoms with van der Waals surface area (Å²) in [6, 6.07) is 7.53. The molecule has 3 N–H and O–H groups in total. The van der Waals surface area contributed by atoms with Gasteiger partial charge in [0.15, 0.2) is 0 Å². The Morgan fingerprint density at radius 2 is 2.09 bits per heavy atom. The zero-order valence-corrected chi connectivity index (χ0v) is 6.20. The summed E-state index contributed by atoms with van der Waals surface area (Å²) in [7, 11) is 0. The zero-order chi connectivity index (χ0) is 8.10. The lowest BCUT2D eigenvalue weighted by atomic mass is 10.2. The van der Waals surface area contributed by atoms with Crippen molar-refractivity contribution in [2.45, 2.75) is 0 Å². The molecule has 0 aliphatic carbocycles. The van der Waals surface area contributed by atoms with E-state index in [1.807, 2.05) is 24.3 Å². The molecule has 0 aromatic heterocycles. The molecule has 0 saturated heterocycles. The molecule has 0 heterocycles. The van der Waals surface area contributed by atoms with E-state index in [0.29, 0.717) is 0 Å². The van der Waals surface area contributed by atoms with Gasteiger partial charge in [-0.05, 0) is 11.6 Å². The molecule has 0 radical (unpaired) electrons. The fourth-order valence-corrected chi connectivity index (χ4v) is 0.842. The first-order valence-corrected chi connectivity index (χ1v) is 3.46. The molecule has 1 rings (SSSR count). The second kappa shape index (κ2) is 3.78. The highest BCUT2D eigenvalue weighted by atomic mass is 16.2. The van der Waals surface area contributed by atoms with Crippen LogP contribution in [0.25, 0.3) is 6.08 Å². The molecule has 0 bridgehead atoms. The zero-order valence-electron chi connectivity index (χ0n) is 6.20. The van der Waals surface area contributed by atoms with Gasteiger partial charge in [0.05, 0.1) is 6.61 Å². The number of anilines is 1. The number of aliphatic hydroxyl groups excluding tert-OH is 1. The highest BCUT2D eigenvalue weighted by Crippen LogP contribution is 2.11. The lowest BCUT2D eigenvalue weighted by Gasteiger charge is -1.96. The van der Waals surface area contributed by atoms with Gasteiger partial charge < -0.3 is 10.8 Å². The molecule has 0 atom stereocenters. The minimum absolute atomic E-state index is 0.0499. The van der Waals surface area contributed by atoms with Crippen molar-refractivity contribution in [2.75, 3.05) is 12.3 Å². The average Bonchev–Trinajstić information content (AvgIpc) is 2.03. The monoisotopic (exact) mass is 149 g/mol. The Labute approximate surface area is 66.0 Å². The summed E-state index contributed by atoms with van der Waals surface area (Å²) in [5.74, 6) is 0. The third-order valence-corrected chi connectivity index (χ3v) is 1.40. The minimum Gasteiger partial charge on any atom is -0.398 e. The first-order chi connectivity index (χ1) is 5.34. The van der Waals surface area contributed by atoms with Gasteiger partial charge in [0, 0.05) is 5.69 Å². The van der Waals surface area contributed by atoms with Crippen LogP contribution in [0.5, 0.6) is 0 Å². The van der Waals surface area contributed by atoms with Gasteiger partial charge in [0.1, 0.15) is 0 Å². The third kappa shape index (κ3) is 2.09. The van der Waals surface area contributed by atoms with E-state index in [9.17, 15) is 0 Å². The van der Waals surface area contributed by atoms with Crippen LogP contribution in [0.2, 0.25) is 0 Å². The van der Waals surface area contributed by atoms with E-state index in [1.165, 1.54) is 0 Å². The second-order valence-electron chi connectivity index (χ2n) is 2.21. The summed E-state index contributed by atoms with van der Waals surface area (Å²) in [5.41, 5.74) is 7.31. The van der Waals surface area contributed by atoms with Gasteiger partial charge >= 0.3 is 0 Å². The van der Waals surface area contributed by atoms with Crippen molar-refractivity contribution >= 4 is 11.8 Å². The number of nitrogen functional groups attached to an aromatic ring is 1. The van der Waals surface area contributed by atoms with Crippen molar-refractivity contribution in [3.8, 4) is 0 Å². The topological polar surface area (TPSA) is 46.2 Å². The summed E-state index contributed by atoms with van der Waals surface area (Å²) < 4.78 is 0. The molecule has 58 valence electrons. The maximum absolute atomic E-state index is 8.49. The molecule has 2 heteroatoms. The molecular weight excluding hydrogens is 138 g/mol. The predicted molar refractivity (Wildman–Crippen MR) is 47.0 cm³/mol. The summed E-state index contributed by atoms with van der Waals surface area (Å²) in [6.07, 6.45) is 3.46. The molecule has 0 spiro atoms. The number of aliphatic hydroxyl groups is 1. The summed E-state index contributed by atoms with van der Waals surface area (Å²) >= 11 is 0. The van der Waals surface area contributed by atoms with Crippen LogP contribution in [0.1, 0.15) is 5.56 Å². The van der Waals surface area contributed by atoms with E-state index in [-0.39, 0.29) is 6.61 Å². The van der Waals surface area contributed by atoms with Crippen LogP contribution in [-0.4, -0.2) is 11.7 Å². The van der Waals surface area contributed by atoms with Crippen LogP contribution < -0.4 is 5.73 Å². The number of nitrogens with two attached hydrogens (primary N) is 1. The van der Waals surface area contributed by atoms with Gasteiger partial charge in [-0.15, -0.1) is 0 Å². The quantitative estimate of drug-likeness (QED) is 0.622. The van der Waals surface area contributed by atoms with Crippen LogP contribution in [0.3, 0.4) is 0 Å². The van der Waals surface area contributed by atoms with Gasteiger partial charge in [0.25, 0.3) is 0 Å². The van der Waals surface area contributed by atoms with Gasteiger partial charge in [-0.2, -0.15) is 0 Å². The smallest absolute Gasteiger partial charge is 0.0615 e. The summed E-state index contributed by atoms with van der Waals surface area (Å²) in [5, 5.41) is 8.49. The van der Waals surface area contributed by atoms with Gasteiger partial charge in [-0.3, -0.25) is 0 Å². The summed E-state index contributed by atoms with van der Waals surface area (Å²) in [6.45, 7) is 0.0499. The van der Waals surface area contributed by atoms with E-state index in [4.69, 9.17) is 10.8 Å². The molecule has 2 nitrogen and oxygen atoms in total. The Morgan fingerprint density at radius 3 is 2.73 bits per heavy atom. The number of rotatable bonds is 2. The maximum Gasteiger partial charge on any atom is 0.0615 e. The van der Waals surface area contributed by atoms with Crippen molar-refractivity contribution in [3.05, 3.63) is 35.9 Å². The number of hydrogen-bond donors (Lipinski definition) is 2. The normalized spacial score (nSPS) is 10.6. The standard InChI is InChI=1S/C9H11NO/c10-9-6-2-1-4-8(9)5-3-7-11/h1-6,11H,7,10H2/b5-3+. The third-order valence-electron chi connectivity index (χ3n) is 1.40. The highest BCUT2D eigenvalue weighted by molar-refractivity contribution is 5.63. The molecule has 0 amide bonds. The molecule has 0 fully saturated rings. The molecule has 1 aromatic rings. The van der Waals surface area contributed by atoms with Gasteiger partial charge in [0.2, 0.25) is 0 Å². The van der Waals surface area contributed by atoms with E-state index in [2.05, 4.69) is 0 Å². The number of hydrogen-bond acceptors (Lipinski definition) is 2. The Balaban J connectivity index is 2.86. The van der Waals surface area contributed by atoms with Crippen molar-refractivity contribution in [3.63, 3.8) is 0 Å². The molecular formula is C9H11NO. The van der Waals surface area contributed by atoms with Crippen molar-refractivity contribution in [2.24, 2.45) is 0 Å². The Hall–Kier alpha value is -1.28. The highest BCUT2D eigenvalue weighted by Gasteiger charge is 1.89. The van der Waals surface area contributed by atoms with Crippen LogP contribution >= 0.6 is 0 Å². The average molecular weight is 149 g/mol. The predicted octanol–water partition coefficient (Wildman–Crippen LogP) is 1.27. The fraction of sp³-hybridized carbons (Fsp3) is 0.111. The van der Waals surface area contributed by atoms with Crippen molar-refractivity contribution < 1.29 is 5.11 Å². The van der Waals surface area contributed by atoms with E-state index >= 15 is 0 Å². The van der Waals surface area contributed by atoms with E-state index in [0.717, 1.165) is 11.3 Å². The fourth-order valence-electron chi connectivity index (χ4n) is 0.842. The lowest BCUT2D eigenvalue weighted by Crippen LogP contribution is -1.87. The minimum atomic E-state index is 0.0499. The second-order valence-corrected chi connectivity index (χ2v) is 2.21. The molecule has 0 aliphatic heterocycles. The van der Waals surface area contributed by atoms with Crippen molar-refractivity contribution in [1.29, 1.82) is 0 Å². The van der Waals surface area contributed by atoms with E-state index < -0.39 is 0 Å². The number of para-hydroxylation sites is 1. The van der Waals surface area contributed by atoms with Crippen LogP contribution in [0, 0.1) is 0 Å². The Kier molecular flexibility index (Phi) is 2.69. The molecule has 1 aromatic carbocycles. The first-order valence-electron chi connectivity index (χ1n) is 3.46. The molecule has 0 unspecified atom stereocenters. The SMILES string of the molecule is Nc1ccccc1/C=C/CO. The first kappa shape index (κ1) is 7.82. The van der Waals surface area contributed by atoms with Gasteiger partial charge in [-0.25, -0.2) is 0 Å². The van der Waals surface area contributed by atoms with Crippen LogP contribution in [0.4, 0.5) is 5.69 Å². The molecule has 11 heavy (non-hydrogen) atoms.